The molecule has 2 heterocycles. The number of nitrogens with one attached hydrogen (secondary N) is 2. The Bertz CT molecular complexity index is 593. The fourth-order valence-corrected chi connectivity index (χ4v) is 3.85. The monoisotopic (exact) mass is 320 g/mol. The largest absolute Gasteiger partial charge is 0.361 e. The van der Waals surface area contributed by atoms with E-state index >= 15 is 0 Å². The van der Waals surface area contributed by atoms with Crippen LogP contribution < -0.4 is 10.6 Å². The van der Waals surface area contributed by atoms with Crippen molar-refractivity contribution in [3.63, 3.8) is 0 Å². The molecule has 126 valence electrons. The van der Waals surface area contributed by atoms with Crippen LogP contribution in [0.3, 0.4) is 0 Å². The molecule has 3 rings (SSSR count). The summed E-state index contributed by atoms with van der Waals surface area (Å²) in [7, 11) is 0. The second-order valence-corrected chi connectivity index (χ2v) is 6.56. The maximum absolute atomic E-state index is 12.7. The number of urea groups is 1. The number of hydrogen-bond donors (Lipinski definition) is 2. The van der Waals surface area contributed by atoms with Gasteiger partial charge in [-0.1, -0.05) is 18.0 Å². The second kappa shape index (κ2) is 6.22. The van der Waals surface area contributed by atoms with Gasteiger partial charge in [0.2, 0.25) is 5.91 Å². The van der Waals surface area contributed by atoms with Crippen molar-refractivity contribution in [2.24, 2.45) is 0 Å². The van der Waals surface area contributed by atoms with Gasteiger partial charge in [0, 0.05) is 11.6 Å². The summed E-state index contributed by atoms with van der Waals surface area (Å²) in [5.74, 6) is 0.635. The summed E-state index contributed by atoms with van der Waals surface area (Å²) in [6, 6.07) is -0.214. The Hall–Kier alpha value is -2.05. The summed E-state index contributed by atoms with van der Waals surface area (Å²) in [4.78, 5) is 26.3. The number of fused-ring (bicyclic) bond motifs is 1. The van der Waals surface area contributed by atoms with Gasteiger partial charge in [-0.3, -0.25) is 4.79 Å². The number of carbonyl (C=O) groups excluding carboxylic acids is 2. The Labute approximate surface area is 135 Å². The van der Waals surface area contributed by atoms with Gasteiger partial charge in [-0.2, -0.15) is 0 Å². The molecule has 0 unspecified atom stereocenters. The number of rotatable bonds is 2. The molecular weight excluding hydrogens is 296 g/mol. The number of nitrogens with zero attached hydrogens (tertiary/aromatic N) is 2. The highest BCUT2D eigenvalue weighted by Crippen LogP contribution is 2.27. The highest BCUT2D eigenvalue weighted by atomic mass is 16.5. The summed E-state index contributed by atoms with van der Waals surface area (Å²) in [6.45, 7) is 5.73. The van der Waals surface area contributed by atoms with Crippen molar-refractivity contribution in [2.45, 2.75) is 64.6 Å². The van der Waals surface area contributed by atoms with E-state index in [-0.39, 0.29) is 36.6 Å². The van der Waals surface area contributed by atoms with Gasteiger partial charge in [0.25, 0.3) is 0 Å². The van der Waals surface area contributed by atoms with Crippen LogP contribution in [-0.2, 0) is 4.79 Å². The highest BCUT2D eigenvalue weighted by Gasteiger charge is 2.39. The molecule has 1 aromatic rings. The third-order valence-electron chi connectivity index (χ3n) is 4.91. The average Bonchev–Trinajstić information content (AvgIpc) is 2.85. The molecule has 7 nitrogen and oxygen atoms in total. The van der Waals surface area contributed by atoms with Gasteiger partial charge in [0.1, 0.15) is 12.3 Å². The molecule has 1 saturated heterocycles. The zero-order valence-electron chi connectivity index (χ0n) is 13.9. The van der Waals surface area contributed by atoms with Gasteiger partial charge in [-0.15, -0.1) is 0 Å². The van der Waals surface area contributed by atoms with Crippen LogP contribution in [0, 0.1) is 13.8 Å². The predicted octanol–water partition coefficient (Wildman–Crippen LogP) is 1.81. The number of amides is 3. The SMILES string of the molecule is Cc1noc(C)c1[C@H](C)NC(=O)N1CC(=O)N[C@H]2CCCC[C@@H]21. The lowest BCUT2D eigenvalue weighted by atomic mass is 9.87. The molecule has 0 spiro atoms. The summed E-state index contributed by atoms with van der Waals surface area (Å²) in [5, 5.41) is 9.94. The van der Waals surface area contributed by atoms with Crippen molar-refractivity contribution >= 4 is 11.9 Å². The van der Waals surface area contributed by atoms with Crippen LogP contribution in [0.5, 0.6) is 0 Å². The Balaban J connectivity index is 1.72. The van der Waals surface area contributed by atoms with E-state index in [1.807, 2.05) is 20.8 Å². The molecule has 23 heavy (non-hydrogen) atoms. The lowest BCUT2D eigenvalue weighted by Crippen LogP contribution is -2.64. The summed E-state index contributed by atoms with van der Waals surface area (Å²) in [6.07, 6.45) is 4.09. The van der Waals surface area contributed by atoms with Crippen LogP contribution in [0.4, 0.5) is 4.79 Å². The van der Waals surface area contributed by atoms with Gasteiger partial charge < -0.3 is 20.1 Å². The number of hydrogen-bond acceptors (Lipinski definition) is 4. The van der Waals surface area contributed by atoms with Crippen molar-refractivity contribution in [1.82, 2.24) is 20.7 Å². The molecule has 3 atom stereocenters. The molecule has 1 aromatic heterocycles. The van der Waals surface area contributed by atoms with Crippen LogP contribution in [0.15, 0.2) is 4.52 Å². The molecule has 0 bridgehead atoms. The van der Waals surface area contributed by atoms with E-state index in [2.05, 4.69) is 15.8 Å². The number of aromatic nitrogens is 1. The van der Waals surface area contributed by atoms with Crippen LogP contribution in [0.1, 0.15) is 55.7 Å². The van der Waals surface area contributed by atoms with Gasteiger partial charge in [-0.25, -0.2) is 4.79 Å². The smallest absolute Gasteiger partial charge is 0.318 e. The van der Waals surface area contributed by atoms with Crippen molar-refractivity contribution in [3.8, 4) is 0 Å². The minimum Gasteiger partial charge on any atom is -0.361 e. The first-order valence-electron chi connectivity index (χ1n) is 8.26. The normalized spacial score (nSPS) is 25.5. The van der Waals surface area contributed by atoms with Crippen molar-refractivity contribution < 1.29 is 14.1 Å². The fraction of sp³-hybridized carbons (Fsp3) is 0.688. The van der Waals surface area contributed by atoms with E-state index in [0.29, 0.717) is 5.76 Å². The van der Waals surface area contributed by atoms with Crippen LogP contribution in [-0.4, -0.2) is 40.6 Å². The molecule has 0 aromatic carbocycles. The topological polar surface area (TPSA) is 87.5 Å². The van der Waals surface area contributed by atoms with E-state index in [1.54, 1.807) is 4.90 Å². The average molecular weight is 320 g/mol. The first-order chi connectivity index (χ1) is 11.0. The summed E-state index contributed by atoms with van der Waals surface area (Å²) in [5.41, 5.74) is 1.68. The summed E-state index contributed by atoms with van der Waals surface area (Å²) < 4.78 is 5.17. The fourth-order valence-electron chi connectivity index (χ4n) is 3.85. The number of aryl methyl sites for hydroxylation is 2. The molecule has 1 aliphatic carbocycles. The summed E-state index contributed by atoms with van der Waals surface area (Å²) >= 11 is 0. The van der Waals surface area contributed by atoms with Crippen molar-refractivity contribution in [2.75, 3.05) is 6.54 Å². The molecule has 1 aliphatic heterocycles. The van der Waals surface area contributed by atoms with E-state index in [9.17, 15) is 9.59 Å². The van der Waals surface area contributed by atoms with Crippen molar-refractivity contribution in [3.05, 3.63) is 17.0 Å². The molecule has 2 aliphatic rings. The number of carbonyl (C=O) groups is 2. The van der Waals surface area contributed by atoms with Gasteiger partial charge in [-0.05, 0) is 33.6 Å². The Morgan fingerprint density at radius 2 is 2.13 bits per heavy atom. The molecule has 2 fully saturated rings. The van der Waals surface area contributed by atoms with E-state index in [4.69, 9.17) is 4.52 Å². The van der Waals surface area contributed by atoms with Crippen LogP contribution in [0.2, 0.25) is 0 Å². The molecule has 0 radical (unpaired) electrons. The zero-order chi connectivity index (χ0) is 16.6. The third kappa shape index (κ3) is 3.04. The predicted molar refractivity (Wildman–Crippen MR) is 83.8 cm³/mol. The maximum Gasteiger partial charge on any atom is 0.318 e. The first-order valence-corrected chi connectivity index (χ1v) is 8.26. The van der Waals surface area contributed by atoms with Crippen molar-refractivity contribution in [1.29, 1.82) is 0 Å². The minimum atomic E-state index is -0.208. The van der Waals surface area contributed by atoms with Gasteiger partial charge >= 0.3 is 6.03 Å². The van der Waals surface area contributed by atoms with Gasteiger partial charge in [0.05, 0.1) is 17.8 Å². The van der Waals surface area contributed by atoms with Gasteiger partial charge in [0.15, 0.2) is 0 Å². The molecule has 7 heteroatoms. The first kappa shape index (κ1) is 15.8. The van der Waals surface area contributed by atoms with E-state index in [1.165, 1.54) is 0 Å². The molecular formula is C16H24N4O3. The molecule has 2 N–H and O–H groups in total. The molecule has 1 saturated carbocycles. The number of piperazine rings is 1. The Morgan fingerprint density at radius 3 is 2.83 bits per heavy atom. The van der Waals surface area contributed by atoms with Crippen LogP contribution in [0.25, 0.3) is 0 Å². The van der Waals surface area contributed by atoms with Crippen LogP contribution >= 0.6 is 0 Å². The Kier molecular flexibility index (Phi) is 4.28. The lowest BCUT2D eigenvalue weighted by Gasteiger charge is -2.44. The van der Waals surface area contributed by atoms with E-state index < -0.39 is 0 Å². The zero-order valence-corrected chi connectivity index (χ0v) is 13.9. The Morgan fingerprint density at radius 1 is 1.39 bits per heavy atom. The standard InChI is InChI=1S/C16H24N4O3/c1-9(15-10(2)19-23-11(15)3)17-16(22)20-8-14(21)18-12-6-4-5-7-13(12)20/h9,12-13H,4-8H2,1-3H3,(H,17,22)(H,18,21)/t9-,12-,13-/m0/s1. The van der Waals surface area contributed by atoms with E-state index in [0.717, 1.165) is 36.9 Å². The molecule has 3 amide bonds. The minimum absolute atomic E-state index is 0.0757. The highest BCUT2D eigenvalue weighted by molar-refractivity contribution is 5.86. The maximum atomic E-state index is 12.7. The quantitative estimate of drug-likeness (QED) is 0.870. The lowest BCUT2D eigenvalue weighted by molar-refractivity contribution is -0.126. The third-order valence-corrected chi connectivity index (χ3v) is 4.91. The second-order valence-electron chi connectivity index (χ2n) is 6.56.